The highest BCUT2D eigenvalue weighted by molar-refractivity contribution is 7.20. The fourth-order valence-corrected chi connectivity index (χ4v) is 2.66. The molecule has 0 saturated carbocycles. The van der Waals surface area contributed by atoms with Gasteiger partial charge in [-0.25, -0.2) is 0 Å². The van der Waals surface area contributed by atoms with E-state index in [0.717, 1.165) is 10.1 Å². The average Bonchev–Trinajstić information content (AvgIpc) is 2.42. The fourth-order valence-electron chi connectivity index (χ4n) is 1.11. The maximum atomic E-state index is 8.73. The van der Waals surface area contributed by atoms with E-state index in [4.69, 9.17) is 28.5 Å². The zero-order valence-corrected chi connectivity index (χ0v) is 8.67. The third-order valence-electron chi connectivity index (χ3n) is 1.69. The van der Waals surface area contributed by atoms with E-state index in [1.165, 1.54) is 11.3 Å². The first-order chi connectivity index (χ1) is 6.22. The average molecular weight is 228 g/mol. The SMILES string of the molecule is N#Cc1sc2cc(Cl)ccc2c1Cl. The van der Waals surface area contributed by atoms with E-state index in [0.29, 0.717) is 14.9 Å². The van der Waals surface area contributed by atoms with Crippen LogP contribution >= 0.6 is 34.5 Å². The maximum absolute atomic E-state index is 8.73. The van der Waals surface area contributed by atoms with Gasteiger partial charge in [-0.3, -0.25) is 0 Å². The Hall–Kier alpha value is -0.750. The Bertz CT molecular complexity index is 510. The number of hydrogen-bond acceptors (Lipinski definition) is 2. The van der Waals surface area contributed by atoms with Crippen LogP contribution in [0.25, 0.3) is 10.1 Å². The van der Waals surface area contributed by atoms with Crippen molar-refractivity contribution in [2.45, 2.75) is 0 Å². The monoisotopic (exact) mass is 227 g/mol. The van der Waals surface area contributed by atoms with Crippen molar-refractivity contribution < 1.29 is 0 Å². The summed E-state index contributed by atoms with van der Waals surface area (Å²) in [6.07, 6.45) is 0. The summed E-state index contributed by atoms with van der Waals surface area (Å²) in [6, 6.07) is 7.46. The molecule has 0 bridgehead atoms. The van der Waals surface area contributed by atoms with Gasteiger partial charge >= 0.3 is 0 Å². The molecule has 2 aromatic rings. The summed E-state index contributed by atoms with van der Waals surface area (Å²) in [4.78, 5) is 0.541. The van der Waals surface area contributed by atoms with Crippen LogP contribution in [-0.4, -0.2) is 0 Å². The number of nitriles is 1. The Balaban J connectivity index is 2.86. The summed E-state index contributed by atoms with van der Waals surface area (Å²) in [5, 5.41) is 10.8. The van der Waals surface area contributed by atoms with Crippen LogP contribution in [0.4, 0.5) is 0 Å². The predicted molar refractivity (Wildman–Crippen MR) is 56.6 cm³/mol. The molecule has 0 fully saturated rings. The quantitative estimate of drug-likeness (QED) is 0.666. The standard InChI is InChI=1S/C9H3Cl2NS/c10-5-1-2-6-7(3-5)13-8(4-12)9(6)11/h1-3H. The normalized spacial score (nSPS) is 10.2. The van der Waals surface area contributed by atoms with Crippen LogP contribution in [0.5, 0.6) is 0 Å². The van der Waals surface area contributed by atoms with E-state index in [1.807, 2.05) is 18.2 Å². The topological polar surface area (TPSA) is 23.8 Å². The lowest BCUT2D eigenvalue weighted by Gasteiger charge is -1.89. The van der Waals surface area contributed by atoms with Gasteiger partial charge in [0.15, 0.2) is 0 Å². The van der Waals surface area contributed by atoms with Gasteiger partial charge in [0.2, 0.25) is 0 Å². The first-order valence-electron chi connectivity index (χ1n) is 3.50. The molecule has 1 aromatic heterocycles. The Morgan fingerprint density at radius 2 is 2.08 bits per heavy atom. The van der Waals surface area contributed by atoms with E-state index in [1.54, 1.807) is 6.07 Å². The van der Waals surface area contributed by atoms with Gasteiger partial charge in [-0.2, -0.15) is 5.26 Å². The molecular formula is C9H3Cl2NS. The Kier molecular flexibility index (Phi) is 2.17. The number of nitrogens with zero attached hydrogens (tertiary/aromatic N) is 1. The molecule has 0 aliphatic heterocycles. The minimum Gasteiger partial charge on any atom is -0.191 e. The highest BCUT2D eigenvalue weighted by Gasteiger charge is 2.09. The molecule has 0 atom stereocenters. The van der Waals surface area contributed by atoms with Gasteiger partial charge in [-0.05, 0) is 12.1 Å². The molecular weight excluding hydrogens is 225 g/mol. The van der Waals surface area contributed by atoms with Gasteiger partial charge in [0.25, 0.3) is 0 Å². The number of hydrogen-bond donors (Lipinski definition) is 0. The zero-order chi connectivity index (χ0) is 9.42. The van der Waals surface area contributed by atoms with Gasteiger partial charge in [-0.1, -0.05) is 29.3 Å². The number of thiophene rings is 1. The van der Waals surface area contributed by atoms with Crippen molar-refractivity contribution in [1.82, 2.24) is 0 Å². The van der Waals surface area contributed by atoms with Crippen LogP contribution in [0, 0.1) is 11.3 Å². The molecule has 0 unspecified atom stereocenters. The lowest BCUT2D eigenvalue weighted by molar-refractivity contribution is 1.52. The van der Waals surface area contributed by atoms with Gasteiger partial charge in [0.1, 0.15) is 10.9 Å². The summed E-state index contributed by atoms with van der Waals surface area (Å²) >= 11 is 13.1. The molecule has 0 spiro atoms. The van der Waals surface area contributed by atoms with Crippen LogP contribution < -0.4 is 0 Å². The van der Waals surface area contributed by atoms with Crippen molar-refractivity contribution in [3.63, 3.8) is 0 Å². The summed E-state index contributed by atoms with van der Waals surface area (Å²) in [5.74, 6) is 0. The largest absolute Gasteiger partial charge is 0.191 e. The van der Waals surface area contributed by atoms with Crippen LogP contribution in [-0.2, 0) is 0 Å². The molecule has 0 N–H and O–H groups in total. The maximum Gasteiger partial charge on any atom is 0.124 e. The van der Waals surface area contributed by atoms with Crippen molar-refractivity contribution in [2.24, 2.45) is 0 Å². The second-order valence-corrected chi connectivity index (χ2v) is 4.36. The Morgan fingerprint density at radius 1 is 1.31 bits per heavy atom. The van der Waals surface area contributed by atoms with E-state index in [9.17, 15) is 0 Å². The highest BCUT2D eigenvalue weighted by atomic mass is 35.5. The Morgan fingerprint density at radius 3 is 2.77 bits per heavy atom. The molecule has 1 heterocycles. The predicted octanol–water partition coefficient (Wildman–Crippen LogP) is 4.08. The highest BCUT2D eigenvalue weighted by Crippen LogP contribution is 2.35. The molecule has 0 saturated heterocycles. The summed E-state index contributed by atoms with van der Waals surface area (Å²) in [5.41, 5.74) is 0. The smallest absolute Gasteiger partial charge is 0.124 e. The summed E-state index contributed by atoms with van der Waals surface area (Å²) in [7, 11) is 0. The molecule has 2 rings (SSSR count). The number of halogens is 2. The molecule has 0 aliphatic carbocycles. The molecule has 1 aromatic carbocycles. The van der Waals surface area contributed by atoms with Crippen molar-refractivity contribution in [2.75, 3.05) is 0 Å². The third kappa shape index (κ3) is 1.40. The first kappa shape index (κ1) is 8.83. The fraction of sp³-hybridized carbons (Fsp3) is 0. The zero-order valence-electron chi connectivity index (χ0n) is 6.34. The molecule has 4 heteroatoms. The third-order valence-corrected chi connectivity index (χ3v) is 3.49. The van der Waals surface area contributed by atoms with E-state index < -0.39 is 0 Å². The van der Waals surface area contributed by atoms with Crippen LogP contribution in [0.2, 0.25) is 10.0 Å². The van der Waals surface area contributed by atoms with Crippen molar-refractivity contribution >= 4 is 44.6 Å². The van der Waals surface area contributed by atoms with Gasteiger partial charge in [0.05, 0.1) is 5.02 Å². The van der Waals surface area contributed by atoms with Gasteiger partial charge < -0.3 is 0 Å². The molecule has 0 aliphatic rings. The van der Waals surface area contributed by atoms with E-state index >= 15 is 0 Å². The minimum atomic E-state index is 0.527. The number of fused-ring (bicyclic) bond motifs is 1. The molecule has 0 radical (unpaired) electrons. The molecule has 64 valence electrons. The second kappa shape index (κ2) is 3.19. The van der Waals surface area contributed by atoms with Crippen molar-refractivity contribution in [3.05, 3.63) is 33.1 Å². The number of benzene rings is 1. The lowest BCUT2D eigenvalue weighted by atomic mass is 10.2. The molecule has 13 heavy (non-hydrogen) atoms. The lowest BCUT2D eigenvalue weighted by Crippen LogP contribution is -1.65. The molecule has 1 nitrogen and oxygen atoms in total. The van der Waals surface area contributed by atoms with Crippen molar-refractivity contribution in [1.29, 1.82) is 5.26 Å². The summed E-state index contributed by atoms with van der Waals surface area (Å²) < 4.78 is 0.953. The van der Waals surface area contributed by atoms with E-state index in [-0.39, 0.29) is 0 Å². The van der Waals surface area contributed by atoms with Crippen LogP contribution in [0.15, 0.2) is 18.2 Å². The van der Waals surface area contributed by atoms with Gasteiger partial charge in [-0.15, -0.1) is 11.3 Å². The minimum absolute atomic E-state index is 0.527. The second-order valence-electron chi connectivity index (χ2n) is 2.50. The van der Waals surface area contributed by atoms with Crippen LogP contribution in [0.3, 0.4) is 0 Å². The summed E-state index contributed by atoms with van der Waals surface area (Å²) in [6.45, 7) is 0. The number of rotatable bonds is 0. The van der Waals surface area contributed by atoms with Gasteiger partial charge in [0, 0.05) is 15.1 Å². The first-order valence-corrected chi connectivity index (χ1v) is 5.07. The van der Waals surface area contributed by atoms with E-state index in [2.05, 4.69) is 0 Å². The Labute approximate surface area is 89.1 Å². The van der Waals surface area contributed by atoms with Crippen molar-refractivity contribution in [3.8, 4) is 6.07 Å². The molecule has 0 amide bonds. The van der Waals surface area contributed by atoms with Crippen LogP contribution in [0.1, 0.15) is 4.88 Å².